The molecule has 2 rings (SSSR count). The van der Waals surface area contributed by atoms with E-state index in [4.69, 9.17) is 4.74 Å². The number of ether oxygens (including phenoxy) is 1. The molecule has 0 aromatic heterocycles. The van der Waals surface area contributed by atoms with E-state index < -0.39 is 11.7 Å². The van der Waals surface area contributed by atoms with Gasteiger partial charge >= 0.3 is 6.18 Å². The van der Waals surface area contributed by atoms with Crippen LogP contribution in [0.5, 0.6) is 0 Å². The first-order valence-electron chi connectivity index (χ1n) is 5.18. The fraction of sp³-hybridized carbons (Fsp3) is 0.333. The summed E-state index contributed by atoms with van der Waals surface area (Å²) in [4.78, 5) is 4.22. The highest BCUT2D eigenvalue weighted by molar-refractivity contribution is 5.95. The van der Waals surface area contributed by atoms with E-state index in [0.29, 0.717) is 24.5 Å². The van der Waals surface area contributed by atoms with Crippen LogP contribution >= 0.6 is 0 Å². The van der Waals surface area contributed by atoms with E-state index in [1.54, 1.807) is 0 Å². The van der Waals surface area contributed by atoms with Gasteiger partial charge in [-0.05, 0) is 30.7 Å². The van der Waals surface area contributed by atoms with Crippen LogP contribution in [-0.4, -0.2) is 18.5 Å². The molecule has 0 saturated heterocycles. The quantitative estimate of drug-likeness (QED) is 0.781. The molecular weight excluding hydrogens is 231 g/mol. The zero-order valence-electron chi connectivity index (χ0n) is 9.00. The molecule has 17 heavy (non-hydrogen) atoms. The minimum Gasteiger partial charge on any atom is -0.475 e. The standard InChI is InChI=1S/C12H11F3NO/c1-2-10-7-17-11(16-10)8-3-5-9(6-4-8)12(13,14)15/h3-6,10H,1-2,7H2. The maximum atomic E-state index is 12.3. The summed E-state index contributed by atoms with van der Waals surface area (Å²) in [5.41, 5.74) is -0.109. The summed E-state index contributed by atoms with van der Waals surface area (Å²) in [7, 11) is 0. The van der Waals surface area contributed by atoms with Gasteiger partial charge in [-0.3, -0.25) is 0 Å². The minimum absolute atomic E-state index is 0.00675. The van der Waals surface area contributed by atoms with Gasteiger partial charge in [0.1, 0.15) is 6.61 Å². The summed E-state index contributed by atoms with van der Waals surface area (Å²) >= 11 is 0. The molecule has 1 heterocycles. The van der Waals surface area contributed by atoms with Gasteiger partial charge in [0.25, 0.3) is 0 Å². The fourth-order valence-corrected chi connectivity index (χ4v) is 1.52. The molecule has 0 fully saturated rings. The van der Waals surface area contributed by atoms with E-state index in [2.05, 4.69) is 11.9 Å². The van der Waals surface area contributed by atoms with Crippen LogP contribution in [0.1, 0.15) is 17.5 Å². The number of aliphatic imine (C=N–C) groups is 1. The highest BCUT2D eigenvalue weighted by atomic mass is 19.4. The summed E-state index contributed by atoms with van der Waals surface area (Å²) in [5.74, 6) is 0.396. The van der Waals surface area contributed by atoms with Crippen LogP contribution in [0.4, 0.5) is 13.2 Å². The van der Waals surface area contributed by atoms with Crippen molar-refractivity contribution < 1.29 is 17.9 Å². The Kier molecular flexibility index (Phi) is 3.09. The predicted octanol–water partition coefficient (Wildman–Crippen LogP) is 3.07. The van der Waals surface area contributed by atoms with E-state index in [-0.39, 0.29) is 6.04 Å². The molecule has 0 N–H and O–H groups in total. The third kappa shape index (κ3) is 2.60. The average molecular weight is 242 g/mol. The highest BCUT2D eigenvalue weighted by Gasteiger charge is 2.30. The van der Waals surface area contributed by atoms with Crippen molar-refractivity contribution >= 4 is 5.90 Å². The Morgan fingerprint density at radius 2 is 1.94 bits per heavy atom. The van der Waals surface area contributed by atoms with Crippen molar-refractivity contribution in [2.45, 2.75) is 18.6 Å². The van der Waals surface area contributed by atoms with Gasteiger partial charge in [-0.1, -0.05) is 6.92 Å². The molecular formula is C12H11F3NO. The molecule has 91 valence electrons. The Morgan fingerprint density at radius 3 is 2.41 bits per heavy atom. The topological polar surface area (TPSA) is 21.6 Å². The Balaban J connectivity index is 2.19. The lowest BCUT2D eigenvalue weighted by Gasteiger charge is -2.07. The number of halogens is 3. The van der Waals surface area contributed by atoms with E-state index in [0.717, 1.165) is 12.1 Å². The molecule has 0 aliphatic carbocycles. The van der Waals surface area contributed by atoms with Gasteiger partial charge in [0, 0.05) is 5.56 Å². The highest BCUT2D eigenvalue weighted by Crippen LogP contribution is 2.29. The Hall–Kier alpha value is -1.52. The molecule has 0 bridgehead atoms. The zero-order chi connectivity index (χ0) is 12.5. The first-order chi connectivity index (χ1) is 8.00. The lowest BCUT2D eigenvalue weighted by atomic mass is 10.1. The van der Waals surface area contributed by atoms with Gasteiger partial charge in [-0.25, -0.2) is 4.99 Å². The number of benzene rings is 1. The van der Waals surface area contributed by atoms with Crippen molar-refractivity contribution in [3.8, 4) is 0 Å². The van der Waals surface area contributed by atoms with E-state index >= 15 is 0 Å². The van der Waals surface area contributed by atoms with Crippen molar-refractivity contribution in [2.24, 2.45) is 4.99 Å². The minimum atomic E-state index is -4.31. The smallest absolute Gasteiger partial charge is 0.416 e. The number of alkyl halides is 3. The second kappa shape index (κ2) is 4.39. The molecule has 1 aliphatic rings. The number of rotatable bonds is 2. The zero-order valence-corrected chi connectivity index (χ0v) is 9.00. The number of hydrogen-bond acceptors (Lipinski definition) is 2. The maximum Gasteiger partial charge on any atom is 0.416 e. The first kappa shape index (κ1) is 12.0. The van der Waals surface area contributed by atoms with Crippen molar-refractivity contribution in [2.75, 3.05) is 6.61 Å². The van der Waals surface area contributed by atoms with Crippen molar-refractivity contribution in [1.29, 1.82) is 0 Å². The Bertz CT molecular complexity index is 422. The summed E-state index contributed by atoms with van der Waals surface area (Å²) in [6, 6.07) is 4.80. The van der Waals surface area contributed by atoms with Crippen molar-refractivity contribution in [3.63, 3.8) is 0 Å². The lowest BCUT2D eigenvalue weighted by Crippen LogP contribution is -2.06. The number of nitrogens with zero attached hydrogens (tertiary/aromatic N) is 1. The van der Waals surface area contributed by atoms with Gasteiger partial charge in [0.2, 0.25) is 5.90 Å². The van der Waals surface area contributed by atoms with Crippen LogP contribution in [-0.2, 0) is 10.9 Å². The van der Waals surface area contributed by atoms with Crippen LogP contribution in [0, 0.1) is 6.92 Å². The molecule has 1 atom stereocenters. The van der Waals surface area contributed by atoms with Crippen LogP contribution in [0.2, 0.25) is 0 Å². The molecule has 2 nitrogen and oxygen atoms in total. The maximum absolute atomic E-state index is 12.3. The predicted molar refractivity (Wildman–Crippen MR) is 57.7 cm³/mol. The second-order valence-corrected chi connectivity index (χ2v) is 3.76. The van der Waals surface area contributed by atoms with Gasteiger partial charge < -0.3 is 4.74 Å². The van der Waals surface area contributed by atoms with Crippen molar-refractivity contribution in [3.05, 3.63) is 42.3 Å². The van der Waals surface area contributed by atoms with Gasteiger partial charge in [0.05, 0.1) is 11.6 Å². The summed E-state index contributed by atoms with van der Waals surface area (Å²) in [6.07, 6.45) is -3.70. The first-order valence-corrected chi connectivity index (χ1v) is 5.18. The van der Waals surface area contributed by atoms with Gasteiger partial charge in [-0.2, -0.15) is 13.2 Å². The largest absolute Gasteiger partial charge is 0.475 e. The third-order valence-corrected chi connectivity index (χ3v) is 2.50. The average Bonchev–Trinajstić information content (AvgIpc) is 2.76. The fourth-order valence-electron chi connectivity index (χ4n) is 1.52. The van der Waals surface area contributed by atoms with E-state index in [1.807, 2.05) is 0 Å². The summed E-state index contributed by atoms with van der Waals surface area (Å²) in [5, 5.41) is 0. The van der Waals surface area contributed by atoms with Crippen LogP contribution in [0.15, 0.2) is 29.3 Å². The second-order valence-electron chi connectivity index (χ2n) is 3.76. The van der Waals surface area contributed by atoms with E-state index in [9.17, 15) is 13.2 Å². The van der Waals surface area contributed by atoms with Gasteiger partial charge in [0.15, 0.2) is 0 Å². The lowest BCUT2D eigenvalue weighted by molar-refractivity contribution is -0.137. The molecule has 1 aromatic carbocycles. The monoisotopic (exact) mass is 242 g/mol. The Morgan fingerprint density at radius 1 is 1.29 bits per heavy atom. The Labute approximate surface area is 97.1 Å². The van der Waals surface area contributed by atoms with Crippen LogP contribution in [0.25, 0.3) is 0 Å². The molecule has 1 aromatic rings. The van der Waals surface area contributed by atoms with Gasteiger partial charge in [-0.15, -0.1) is 0 Å². The molecule has 0 spiro atoms. The molecule has 0 saturated carbocycles. The molecule has 1 aliphatic heterocycles. The van der Waals surface area contributed by atoms with Crippen LogP contribution in [0.3, 0.4) is 0 Å². The van der Waals surface area contributed by atoms with Crippen molar-refractivity contribution in [1.82, 2.24) is 0 Å². The summed E-state index contributed by atoms with van der Waals surface area (Å²) < 4.78 is 42.3. The van der Waals surface area contributed by atoms with E-state index in [1.165, 1.54) is 12.1 Å². The van der Waals surface area contributed by atoms with Crippen LogP contribution < -0.4 is 0 Å². The SMILES string of the molecule is [CH2]CC1COC(c2ccc(C(F)(F)F)cc2)=N1. The molecule has 1 unspecified atom stereocenters. The number of hydrogen-bond donors (Lipinski definition) is 0. The molecule has 5 heteroatoms. The molecule has 1 radical (unpaired) electrons. The normalized spacial score (nSPS) is 20.0. The summed E-state index contributed by atoms with van der Waals surface area (Å²) in [6.45, 7) is 4.15. The molecule has 0 amide bonds. The third-order valence-electron chi connectivity index (χ3n) is 2.50.